The molecule has 1 aliphatic heterocycles. The lowest BCUT2D eigenvalue weighted by atomic mass is 10.1. The average molecular weight is 398 g/mol. The first-order valence-electron chi connectivity index (χ1n) is 9.46. The lowest BCUT2D eigenvalue weighted by Crippen LogP contribution is -2.22. The van der Waals surface area contributed by atoms with E-state index in [0.717, 1.165) is 24.3 Å². The Kier molecular flexibility index (Phi) is 6.37. The number of para-hydroxylation sites is 1. The molecule has 2 aromatic rings. The third-order valence-electron chi connectivity index (χ3n) is 4.54. The highest BCUT2D eigenvalue weighted by Crippen LogP contribution is 2.29. The second-order valence-corrected chi connectivity index (χ2v) is 6.63. The number of carbonyl (C=O) groups is 1. The van der Waals surface area contributed by atoms with E-state index in [0.29, 0.717) is 28.8 Å². The standard InChI is InChI=1S/C22H24ClN3O2/c1-4-25(5-2)18-13-12-16(20(23)15-18)14-19-21(28-6-3)24-26(22(19)27)17-10-8-7-9-11-17/h7-15H,4-6H2,1-3H3/b19-14-. The van der Waals surface area contributed by atoms with Crippen LogP contribution < -0.4 is 9.91 Å². The number of rotatable bonds is 6. The molecule has 0 aliphatic carbocycles. The molecule has 0 fully saturated rings. The fourth-order valence-corrected chi connectivity index (χ4v) is 3.31. The predicted molar refractivity (Wildman–Crippen MR) is 116 cm³/mol. The van der Waals surface area contributed by atoms with Gasteiger partial charge in [-0.25, -0.2) is 0 Å². The summed E-state index contributed by atoms with van der Waals surface area (Å²) in [5, 5.41) is 6.31. The third kappa shape index (κ3) is 4.04. The van der Waals surface area contributed by atoms with Gasteiger partial charge in [-0.3, -0.25) is 4.79 Å². The van der Waals surface area contributed by atoms with Crippen LogP contribution in [0.3, 0.4) is 0 Å². The molecule has 1 heterocycles. The fourth-order valence-electron chi connectivity index (χ4n) is 3.08. The molecule has 0 bridgehead atoms. The summed E-state index contributed by atoms with van der Waals surface area (Å²) in [4.78, 5) is 15.2. The van der Waals surface area contributed by atoms with E-state index in [-0.39, 0.29) is 5.91 Å². The van der Waals surface area contributed by atoms with Crippen molar-refractivity contribution in [2.45, 2.75) is 20.8 Å². The SMILES string of the molecule is CCOC1=NN(c2ccccc2)C(=O)/C1=C\c1ccc(N(CC)CC)cc1Cl. The van der Waals surface area contributed by atoms with E-state index in [1.807, 2.05) is 55.5 Å². The van der Waals surface area contributed by atoms with Gasteiger partial charge in [0.15, 0.2) is 0 Å². The highest BCUT2D eigenvalue weighted by Gasteiger charge is 2.32. The summed E-state index contributed by atoms with van der Waals surface area (Å²) < 4.78 is 5.61. The van der Waals surface area contributed by atoms with Crippen molar-refractivity contribution in [2.75, 3.05) is 29.6 Å². The molecule has 0 aromatic heterocycles. The lowest BCUT2D eigenvalue weighted by Gasteiger charge is -2.21. The van der Waals surface area contributed by atoms with Crippen molar-refractivity contribution in [3.8, 4) is 0 Å². The van der Waals surface area contributed by atoms with Crippen LogP contribution in [0.5, 0.6) is 0 Å². The van der Waals surface area contributed by atoms with Gasteiger partial charge in [-0.2, -0.15) is 5.01 Å². The monoisotopic (exact) mass is 397 g/mol. The summed E-state index contributed by atoms with van der Waals surface area (Å²) in [5.41, 5.74) is 2.89. The van der Waals surface area contributed by atoms with Crippen LogP contribution in [-0.4, -0.2) is 31.5 Å². The molecule has 2 aromatic carbocycles. The number of hydrogen-bond donors (Lipinski definition) is 0. The number of anilines is 2. The van der Waals surface area contributed by atoms with E-state index in [9.17, 15) is 4.79 Å². The van der Waals surface area contributed by atoms with Gasteiger partial charge in [0, 0.05) is 23.8 Å². The normalized spacial score (nSPS) is 15.1. The number of hydrazone groups is 1. The van der Waals surface area contributed by atoms with Crippen molar-refractivity contribution < 1.29 is 9.53 Å². The molecule has 146 valence electrons. The molecule has 6 heteroatoms. The molecule has 0 saturated heterocycles. The van der Waals surface area contributed by atoms with E-state index in [4.69, 9.17) is 16.3 Å². The van der Waals surface area contributed by atoms with Gasteiger partial charge in [0.1, 0.15) is 5.57 Å². The molecule has 5 nitrogen and oxygen atoms in total. The van der Waals surface area contributed by atoms with Crippen LogP contribution in [0.15, 0.2) is 59.2 Å². The maximum Gasteiger partial charge on any atom is 0.284 e. The Morgan fingerprint density at radius 1 is 1.11 bits per heavy atom. The zero-order valence-electron chi connectivity index (χ0n) is 16.4. The van der Waals surface area contributed by atoms with Crippen molar-refractivity contribution in [2.24, 2.45) is 5.10 Å². The lowest BCUT2D eigenvalue weighted by molar-refractivity contribution is -0.114. The summed E-state index contributed by atoms with van der Waals surface area (Å²) in [6, 6.07) is 15.1. The maximum absolute atomic E-state index is 13.0. The minimum Gasteiger partial charge on any atom is -0.476 e. The number of amides is 1. The minimum atomic E-state index is -0.237. The molecule has 0 unspecified atom stereocenters. The first-order valence-corrected chi connectivity index (χ1v) is 9.84. The predicted octanol–water partition coefficient (Wildman–Crippen LogP) is 4.97. The second-order valence-electron chi connectivity index (χ2n) is 6.23. The van der Waals surface area contributed by atoms with Crippen molar-refractivity contribution in [3.63, 3.8) is 0 Å². The Labute approximate surface area is 170 Å². The average Bonchev–Trinajstić information content (AvgIpc) is 3.01. The highest BCUT2D eigenvalue weighted by atomic mass is 35.5. The van der Waals surface area contributed by atoms with Gasteiger partial charge in [0.2, 0.25) is 5.90 Å². The topological polar surface area (TPSA) is 45.1 Å². The van der Waals surface area contributed by atoms with E-state index in [1.165, 1.54) is 5.01 Å². The van der Waals surface area contributed by atoms with Gasteiger partial charge < -0.3 is 9.64 Å². The molecular formula is C22H24ClN3O2. The zero-order valence-corrected chi connectivity index (χ0v) is 17.1. The molecule has 0 spiro atoms. The molecule has 1 aliphatic rings. The Balaban J connectivity index is 1.96. The fraction of sp³-hybridized carbons (Fsp3) is 0.273. The van der Waals surface area contributed by atoms with Crippen molar-refractivity contribution in [3.05, 3.63) is 64.7 Å². The van der Waals surface area contributed by atoms with Gasteiger partial charge in [0.25, 0.3) is 5.91 Å². The first-order chi connectivity index (χ1) is 13.6. The molecule has 0 saturated carbocycles. The van der Waals surface area contributed by atoms with Gasteiger partial charge in [-0.1, -0.05) is 35.9 Å². The number of ether oxygens (including phenoxy) is 1. The van der Waals surface area contributed by atoms with Crippen LogP contribution >= 0.6 is 11.6 Å². The van der Waals surface area contributed by atoms with Crippen LogP contribution in [0.4, 0.5) is 11.4 Å². The quantitative estimate of drug-likeness (QED) is 0.646. The number of halogens is 1. The van der Waals surface area contributed by atoms with Crippen LogP contribution in [-0.2, 0) is 9.53 Å². The van der Waals surface area contributed by atoms with Crippen LogP contribution in [0.2, 0.25) is 5.02 Å². The molecule has 0 N–H and O–H groups in total. The molecule has 0 atom stereocenters. The Bertz CT molecular complexity index is 905. The minimum absolute atomic E-state index is 0.237. The van der Waals surface area contributed by atoms with Crippen LogP contribution in [0.25, 0.3) is 6.08 Å². The van der Waals surface area contributed by atoms with Crippen molar-refractivity contribution >= 4 is 40.9 Å². The Morgan fingerprint density at radius 2 is 1.82 bits per heavy atom. The molecule has 3 rings (SSSR count). The third-order valence-corrected chi connectivity index (χ3v) is 4.87. The number of carbonyl (C=O) groups excluding carboxylic acids is 1. The van der Waals surface area contributed by atoms with Crippen LogP contribution in [0.1, 0.15) is 26.3 Å². The van der Waals surface area contributed by atoms with E-state index < -0.39 is 0 Å². The molecule has 28 heavy (non-hydrogen) atoms. The van der Waals surface area contributed by atoms with Gasteiger partial charge >= 0.3 is 0 Å². The summed E-state index contributed by atoms with van der Waals surface area (Å²) in [5.74, 6) is 0.0683. The Hall–Kier alpha value is -2.79. The number of nitrogens with zero attached hydrogens (tertiary/aromatic N) is 3. The Morgan fingerprint density at radius 3 is 2.43 bits per heavy atom. The number of hydrogen-bond acceptors (Lipinski definition) is 4. The van der Waals surface area contributed by atoms with E-state index in [2.05, 4.69) is 23.8 Å². The molecule has 0 radical (unpaired) electrons. The summed E-state index contributed by atoms with van der Waals surface area (Å²) in [6.45, 7) is 8.29. The van der Waals surface area contributed by atoms with E-state index in [1.54, 1.807) is 6.08 Å². The largest absolute Gasteiger partial charge is 0.476 e. The van der Waals surface area contributed by atoms with Crippen molar-refractivity contribution in [1.29, 1.82) is 0 Å². The van der Waals surface area contributed by atoms with Crippen LogP contribution in [0, 0.1) is 0 Å². The second kappa shape index (κ2) is 8.93. The summed E-state index contributed by atoms with van der Waals surface area (Å²) in [7, 11) is 0. The van der Waals surface area contributed by atoms with Crippen molar-refractivity contribution in [1.82, 2.24) is 0 Å². The van der Waals surface area contributed by atoms with E-state index >= 15 is 0 Å². The van der Waals surface area contributed by atoms with Gasteiger partial charge in [-0.05, 0) is 56.7 Å². The highest BCUT2D eigenvalue weighted by molar-refractivity contribution is 6.34. The van der Waals surface area contributed by atoms with Gasteiger partial charge in [-0.15, -0.1) is 5.10 Å². The summed E-state index contributed by atoms with van der Waals surface area (Å²) >= 11 is 6.51. The molecular weight excluding hydrogens is 374 g/mol. The zero-order chi connectivity index (χ0) is 20.1. The maximum atomic E-state index is 13.0. The number of benzene rings is 2. The smallest absolute Gasteiger partial charge is 0.284 e. The molecule has 1 amide bonds. The first kappa shape index (κ1) is 20.0. The summed E-state index contributed by atoms with van der Waals surface area (Å²) in [6.07, 6.45) is 1.74. The van der Waals surface area contributed by atoms with Gasteiger partial charge in [0.05, 0.1) is 12.3 Å².